The first-order chi connectivity index (χ1) is 12.0. The van der Waals surface area contributed by atoms with Gasteiger partial charge in [0.2, 0.25) is 0 Å². The largest absolute Gasteiger partial charge is 0.454 e. The molecule has 0 aliphatic heterocycles. The van der Waals surface area contributed by atoms with Crippen molar-refractivity contribution in [3.8, 4) is 0 Å². The molecule has 2 aromatic carbocycles. The predicted molar refractivity (Wildman–Crippen MR) is 95.7 cm³/mol. The van der Waals surface area contributed by atoms with Gasteiger partial charge in [-0.25, -0.2) is 0 Å². The molecule has 6 nitrogen and oxygen atoms in total. The highest BCUT2D eigenvalue weighted by Crippen LogP contribution is 2.10. The summed E-state index contributed by atoms with van der Waals surface area (Å²) in [6.07, 6.45) is 0. The third kappa shape index (κ3) is 6.76. The van der Waals surface area contributed by atoms with E-state index in [0.29, 0.717) is 12.1 Å². The summed E-state index contributed by atoms with van der Waals surface area (Å²) < 4.78 is 5.68. The molecule has 0 aromatic heterocycles. The molecule has 0 radical (unpaired) electrons. The van der Waals surface area contributed by atoms with Gasteiger partial charge in [-0.05, 0) is 29.8 Å². The molecule has 7 heteroatoms. The van der Waals surface area contributed by atoms with E-state index in [1.54, 1.807) is 24.3 Å². The van der Waals surface area contributed by atoms with Gasteiger partial charge in [-0.1, -0.05) is 46.3 Å². The van der Waals surface area contributed by atoms with Gasteiger partial charge < -0.3 is 15.4 Å². The quantitative estimate of drug-likeness (QED) is 0.691. The predicted octanol–water partition coefficient (Wildman–Crippen LogP) is 2.04. The summed E-state index contributed by atoms with van der Waals surface area (Å²) >= 11 is 3.27. The lowest BCUT2D eigenvalue weighted by Gasteiger charge is -2.08. The molecule has 0 aliphatic carbocycles. The Balaban J connectivity index is 1.65. The van der Waals surface area contributed by atoms with Crippen molar-refractivity contribution >= 4 is 33.7 Å². The summed E-state index contributed by atoms with van der Waals surface area (Å²) in [5, 5.41) is 5.08. The lowest BCUT2D eigenvalue weighted by atomic mass is 10.2. The molecule has 2 aromatic rings. The number of halogens is 1. The summed E-state index contributed by atoms with van der Waals surface area (Å²) in [5.41, 5.74) is 1.38. The molecule has 2 N–H and O–H groups in total. The van der Waals surface area contributed by atoms with Crippen LogP contribution in [0.25, 0.3) is 0 Å². The molecular formula is C18H17BrN2O4. The Hall–Kier alpha value is -2.67. The van der Waals surface area contributed by atoms with Crippen LogP contribution in [0, 0.1) is 0 Å². The maximum Gasteiger partial charge on any atom is 0.325 e. The summed E-state index contributed by atoms with van der Waals surface area (Å²) in [6, 6.07) is 16.1. The van der Waals surface area contributed by atoms with Gasteiger partial charge in [-0.2, -0.15) is 0 Å². The Bertz CT molecular complexity index is 733. The highest BCUT2D eigenvalue weighted by molar-refractivity contribution is 9.10. The second-order valence-corrected chi connectivity index (χ2v) is 6.03. The number of hydrogen-bond donors (Lipinski definition) is 2. The summed E-state index contributed by atoms with van der Waals surface area (Å²) in [7, 11) is 0. The second-order valence-electron chi connectivity index (χ2n) is 5.11. The number of amides is 2. The molecule has 2 rings (SSSR count). The normalized spacial score (nSPS) is 9.96. The third-order valence-corrected chi connectivity index (χ3v) is 3.73. The van der Waals surface area contributed by atoms with Crippen LogP contribution in [0.5, 0.6) is 0 Å². The fourth-order valence-corrected chi connectivity index (χ4v) is 2.16. The number of carbonyl (C=O) groups is 3. The molecule has 0 spiro atoms. The highest BCUT2D eigenvalue weighted by atomic mass is 79.9. The van der Waals surface area contributed by atoms with Gasteiger partial charge in [-0.3, -0.25) is 14.4 Å². The van der Waals surface area contributed by atoms with Gasteiger partial charge in [0.15, 0.2) is 6.61 Å². The van der Waals surface area contributed by atoms with Gasteiger partial charge in [0.1, 0.15) is 6.54 Å². The minimum Gasteiger partial charge on any atom is -0.454 e. The van der Waals surface area contributed by atoms with Crippen molar-refractivity contribution < 1.29 is 19.1 Å². The van der Waals surface area contributed by atoms with E-state index in [0.717, 1.165) is 10.0 Å². The average Bonchev–Trinajstić information content (AvgIpc) is 2.64. The number of rotatable bonds is 7. The van der Waals surface area contributed by atoms with Crippen molar-refractivity contribution in [2.24, 2.45) is 0 Å². The summed E-state index contributed by atoms with van der Waals surface area (Å²) in [6.45, 7) is -0.335. The van der Waals surface area contributed by atoms with Gasteiger partial charge in [0.05, 0.1) is 0 Å². The van der Waals surface area contributed by atoms with E-state index < -0.39 is 17.8 Å². The van der Waals surface area contributed by atoms with E-state index in [4.69, 9.17) is 4.74 Å². The van der Waals surface area contributed by atoms with E-state index in [1.807, 2.05) is 30.3 Å². The fraction of sp³-hybridized carbons (Fsp3) is 0.167. The van der Waals surface area contributed by atoms with Crippen molar-refractivity contribution in [3.05, 3.63) is 70.2 Å². The molecule has 0 fully saturated rings. The number of hydrogen-bond acceptors (Lipinski definition) is 4. The number of esters is 1. The van der Waals surface area contributed by atoms with Gasteiger partial charge >= 0.3 is 5.97 Å². The standard InChI is InChI=1S/C18H17BrN2O4/c19-15-8-6-14(7-9-15)18(24)21-11-17(23)25-12-16(22)20-10-13-4-2-1-3-5-13/h1-9H,10-12H2,(H,20,22)(H,21,24). The number of carbonyl (C=O) groups excluding carboxylic acids is 3. The first-order valence-corrected chi connectivity index (χ1v) is 8.34. The molecule has 0 saturated heterocycles. The maximum absolute atomic E-state index is 11.8. The number of ether oxygens (including phenoxy) is 1. The fourth-order valence-electron chi connectivity index (χ4n) is 1.90. The molecular weight excluding hydrogens is 388 g/mol. The van der Waals surface area contributed by atoms with E-state index in [1.165, 1.54) is 0 Å². The van der Waals surface area contributed by atoms with E-state index in [-0.39, 0.29) is 13.2 Å². The van der Waals surface area contributed by atoms with Crippen molar-refractivity contribution in [2.45, 2.75) is 6.54 Å². The van der Waals surface area contributed by atoms with E-state index in [2.05, 4.69) is 26.6 Å². The van der Waals surface area contributed by atoms with Gasteiger partial charge in [0.25, 0.3) is 11.8 Å². The molecule has 0 saturated carbocycles. The molecule has 0 bridgehead atoms. The maximum atomic E-state index is 11.8. The van der Waals surface area contributed by atoms with Crippen LogP contribution in [0.3, 0.4) is 0 Å². The average molecular weight is 405 g/mol. The van der Waals surface area contributed by atoms with Crippen LogP contribution < -0.4 is 10.6 Å². The van der Waals surface area contributed by atoms with Crippen LogP contribution in [0.1, 0.15) is 15.9 Å². The summed E-state index contributed by atoms with van der Waals surface area (Å²) in [4.78, 5) is 35.1. The molecule has 0 atom stereocenters. The molecule has 130 valence electrons. The van der Waals surface area contributed by atoms with Crippen LogP contribution in [0.15, 0.2) is 59.1 Å². The van der Waals surface area contributed by atoms with Crippen molar-refractivity contribution in [3.63, 3.8) is 0 Å². The van der Waals surface area contributed by atoms with Crippen LogP contribution in [-0.2, 0) is 20.9 Å². The Kier molecular flexibility index (Phi) is 7.16. The molecule has 0 unspecified atom stereocenters. The Labute approximate surface area is 153 Å². The summed E-state index contributed by atoms with van der Waals surface area (Å²) in [5.74, 6) is -1.48. The van der Waals surface area contributed by atoms with Gasteiger partial charge in [-0.15, -0.1) is 0 Å². The van der Waals surface area contributed by atoms with Crippen LogP contribution in [0.4, 0.5) is 0 Å². The first-order valence-electron chi connectivity index (χ1n) is 7.54. The molecule has 0 aliphatic rings. The SMILES string of the molecule is O=C(COC(=O)CNC(=O)c1ccc(Br)cc1)NCc1ccccc1. The topological polar surface area (TPSA) is 84.5 Å². The number of benzene rings is 2. The smallest absolute Gasteiger partial charge is 0.325 e. The lowest BCUT2D eigenvalue weighted by Crippen LogP contribution is -2.33. The zero-order valence-electron chi connectivity index (χ0n) is 13.3. The minimum absolute atomic E-state index is 0.305. The Morgan fingerprint density at radius 1 is 0.920 bits per heavy atom. The Morgan fingerprint density at radius 3 is 2.28 bits per heavy atom. The first kappa shape index (κ1) is 18.7. The number of nitrogens with one attached hydrogen (secondary N) is 2. The van der Waals surface area contributed by atoms with Crippen LogP contribution in [-0.4, -0.2) is 30.9 Å². The second kappa shape index (κ2) is 9.58. The van der Waals surface area contributed by atoms with Crippen molar-refractivity contribution in [1.82, 2.24) is 10.6 Å². The minimum atomic E-state index is -0.680. The highest BCUT2D eigenvalue weighted by Gasteiger charge is 2.10. The van der Waals surface area contributed by atoms with Crippen LogP contribution >= 0.6 is 15.9 Å². The monoisotopic (exact) mass is 404 g/mol. The van der Waals surface area contributed by atoms with E-state index in [9.17, 15) is 14.4 Å². The lowest BCUT2D eigenvalue weighted by molar-refractivity contribution is -0.147. The molecule has 25 heavy (non-hydrogen) atoms. The van der Waals surface area contributed by atoms with Crippen molar-refractivity contribution in [1.29, 1.82) is 0 Å². The third-order valence-electron chi connectivity index (χ3n) is 3.20. The molecule has 0 heterocycles. The van der Waals surface area contributed by atoms with Crippen molar-refractivity contribution in [2.75, 3.05) is 13.2 Å². The van der Waals surface area contributed by atoms with E-state index >= 15 is 0 Å². The zero-order chi connectivity index (χ0) is 18.1. The molecule has 2 amide bonds. The zero-order valence-corrected chi connectivity index (χ0v) is 14.9. The van der Waals surface area contributed by atoms with Gasteiger partial charge in [0, 0.05) is 16.6 Å². The Morgan fingerprint density at radius 2 is 1.60 bits per heavy atom. The van der Waals surface area contributed by atoms with Crippen LogP contribution in [0.2, 0.25) is 0 Å².